The van der Waals surface area contributed by atoms with E-state index in [-0.39, 0.29) is 46.1 Å². The predicted molar refractivity (Wildman–Crippen MR) is 92.1 cm³/mol. The second-order valence-electron chi connectivity index (χ2n) is 5.25. The van der Waals surface area contributed by atoms with Crippen LogP contribution in [0.5, 0.6) is 0 Å². The van der Waals surface area contributed by atoms with Crippen molar-refractivity contribution in [3.8, 4) is 0 Å². The number of nitrogens with zero attached hydrogens (tertiary/aromatic N) is 3. The summed E-state index contributed by atoms with van der Waals surface area (Å²) in [5.41, 5.74) is 5.29. The van der Waals surface area contributed by atoms with Gasteiger partial charge in [0.1, 0.15) is 17.1 Å². The van der Waals surface area contributed by atoms with Gasteiger partial charge in [-0.05, 0) is 5.57 Å². The van der Waals surface area contributed by atoms with E-state index in [2.05, 4.69) is 22.0 Å². The van der Waals surface area contributed by atoms with Crippen molar-refractivity contribution in [1.29, 1.82) is 0 Å². The molecule has 2 amide bonds. The van der Waals surface area contributed by atoms with E-state index in [1.54, 1.807) is 0 Å². The van der Waals surface area contributed by atoms with Gasteiger partial charge >= 0.3 is 29.6 Å². The van der Waals surface area contributed by atoms with E-state index in [4.69, 9.17) is 10.9 Å². The number of nitrogens with one attached hydrogen (secondary N) is 1. The van der Waals surface area contributed by atoms with Gasteiger partial charge in [-0.1, -0.05) is 17.8 Å². The first-order valence-electron chi connectivity index (χ1n) is 7.15. The van der Waals surface area contributed by atoms with Crippen molar-refractivity contribution in [1.82, 2.24) is 15.2 Å². The van der Waals surface area contributed by atoms with Crippen LogP contribution in [0.15, 0.2) is 34.5 Å². The minimum Gasteiger partial charge on any atom is -0.543 e. The summed E-state index contributed by atoms with van der Waals surface area (Å²) < 4.78 is 0. The van der Waals surface area contributed by atoms with Gasteiger partial charge in [0, 0.05) is 11.1 Å². The number of hydrogen-bond donors (Lipinski definition) is 3. The quantitative estimate of drug-likeness (QED) is 0.142. The number of amides is 2. The molecule has 0 spiro atoms. The molecule has 136 valence electrons. The molecule has 13 heteroatoms. The third-order valence-corrected chi connectivity index (χ3v) is 5.78. The summed E-state index contributed by atoms with van der Waals surface area (Å²) >= 11 is 2.33. The number of nitrogens with two attached hydrogens (primary N) is 1. The average molecular weight is 417 g/mol. The molecule has 10 nitrogen and oxygen atoms in total. The number of allylic oxidation sites excluding steroid dienone is 1. The number of nitrogen functional groups attached to an aromatic ring is 1. The molecule has 27 heavy (non-hydrogen) atoms. The zero-order chi connectivity index (χ0) is 19.0. The van der Waals surface area contributed by atoms with Crippen molar-refractivity contribution in [3.05, 3.63) is 35.0 Å². The van der Waals surface area contributed by atoms with Crippen molar-refractivity contribution in [2.75, 3.05) is 11.5 Å². The van der Waals surface area contributed by atoms with E-state index in [9.17, 15) is 19.5 Å². The Morgan fingerprint density at radius 1 is 1.56 bits per heavy atom. The van der Waals surface area contributed by atoms with Gasteiger partial charge in [0.15, 0.2) is 10.8 Å². The van der Waals surface area contributed by atoms with Crippen molar-refractivity contribution < 1.29 is 54.3 Å². The molecule has 0 radical (unpaired) electrons. The summed E-state index contributed by atoms with van der Waals surface area (Å²) in [5, 5.41) is 26.8. The summed E-state index contributed by atoms with van der Waals surface area (Å²) in [4.78, 5) is 40.9. The molecule has 0 unspecified atom stereocenters. The van der Waals surface area contributed by atoms with E-state index in [0.29, 0.717) is 11.3 Å². The second kappa shape index (κ2) is 8.44. The Hall–Kier alpha value is -1.86. The van der Waals surface area contributed by atoms with E-state index in [0.717, 1.165) is 16.2 Å². The molecule has 1 saturated heterocycles. The first kappa shape index (κ1) is 21.4. The fourth-order valence-electron chi connectivity index (χ4n) is 2.61. The number of anilines is 1. The number of thioether (sulfide) groups is 1. The molecule has 1 aromatic heterocycles. The topological polar surface area (TPSA) is 161 Å². The maximum atomic E-state index is 12.4. The Kier molecular flexibility index (Phi) is 6.70. The van der Waals surface area contributed by atoms with Gasteiger partial charge in [0.05, 0.1) is 11.7 Å². The summed E-state index contributed by atoms with van der Waals surface area (Å²) in [6.45, 7) is 3.53. The Balaban J connectivity index is 0.00000261. The summed E-state index contributed by atoms with van der Waals surface area (Å²) in [5.74, 6) is -2.62. The van der Waals surface area contributed by atoms with Gasteiger partial charge in [0.25, 0.3) is 11.8 Å². The van der Waals surface area contributed by atoms with E-state index in [1.165, 1.54) is 23.2 Å². The van der Waals surface area contributed by atoms with Crippen LogP contribution in [0.1, 0.15) is 5.69 Å². The number of rotatable bonds is 5. The third-order valence-electron chi connectivity index (χ3n) is 3.80. The molecular formula is C14H12N5NaO5S2. The van der Waals surface area contributed by atoms with E-state index < -0.39 is 34.9 Å². The fraction of sp³-hybridized carbons (Fsp3) is 0.214. The number of β-lactam (4-membered cyclic amide) rings is 1. The van der Waals surface area contributed by atoms with Crippen LogP contribution in [0.25, 0.3) is 0 Å². The number of carbonyl (C=O) groups is 3. The van der Waals surface area contributed by atoms with Crippen LogP contribution >= 0.6 is 23.1 Å². The smallest absolute Gasteiger partial charge is 0.543 e. The number of hydrogen-bond acceptors (Lipinski definition) is 10. The van der Waals surface area contributed by atoms with Gasteiger partial charge in [-0.3, -0.25) is 14.5 Å². The molecule has 1 aromatic rings. The third kappa shape index (κ3) is 3.75. The van der Waals surface area contributed by atoms with Crippen LogP contribution in [0.3, 0.4) is 0 Å². The number of fused-ring (bicyclic) bond motifs is 1. The summed E-state index contributed by atoms with van der Waals surface area (Å²) in [6.07, 6.45) is 1.36. The van der Waals surface area contributed by atoms with Crippen molar-refractivity contribution >= 4 is 51.7 Å². The van der Waals surface area contributed by atoms with Crippen molar-refractivity contribution in [2.45, 2.75) is 11.4 Å². The monoisotopic (exact) mass is 417 g/mol. The molecule has 3 rings (SSSR count). The predicted octanol–water partition coefficient (Wildman–Crippen LogP) is -4.50. The first-order chi connectivity index (χ1) is 12.4. The van der Waals surface area contributed by atoms with Crippen LogP contribution in [0, 0.1) is 0 Å². The molecule has 2 aliphatic rings. The molecule has 4 N–H and O–H groups in total. The molecule has 0 aromatic carbocycles. The Bertz CT molecular complexity index is 883. The average Bonchev–Trinajstić information content (AvgIpc) is 3.04. The number of thiazole rings is 1. The number of carboxylic acids is 1. The minimum atomic E-state index is -1.49. The first-order valence-corrected chi connectivity index (χ1v) is 9.07. The van der Waals surface area contributed by atoms with Crippen LogP contribution in [-0.2, 0) is 14.4 Å². The molecule has 2 atom stereocenters. The van der Waals surface area contributed by atoms with Crippen LogP contribution in [-0.4, -0.2) is 55.8 Å². The number of aromatic nitrogens is 1. The van der Waals surface area contributed by atoms with Gasteiger partial charge in [-0.15, -0.1) is 23.1 Å². The Morgan fingerprint density at radius 3 is 2.78 bits per heavy atom. The maximum absolute atomic E-state index is 12.4. The fourth-order valence-corrected chi connectivity index (χ4v) is 4.50. The number of aliphatic carboxylic acids is 1. The molecule has 0 aliphatic carbocycles. The molecule has 0 saturated carbocycles. The largest absolute Gasteiger partial charge is 1.00 e. The van der Waals surface area contributed by atoms with Crippen LogP contribution in [0.2, 0.25) is 0 Å². The van der Waals surface area contributed by atoms with Crippen LogP contribution in [0.4, 0.5) is 5.13 Å². The van der Waals surface area contributed by atoms with Gasteiger partial charge in [-0.2, -0.15) is 0 Å². The van der Waals surface area contributed by atoms with Gasteiger partial charge in [0.2, 0.25) is 0 Å². The summed E-state index contributed by atoms with van der Waals surface area (Å²) in [7, 11) is 0. The Labute approximate surface area is 183 Å². The molecule has 3 heterocycles. The van der Waals surface area contributed by atoms with Gasteiger partial charge in [-0.25, -0.2) is 4.98 Å². The van der Waals surface area contributed by atoms with Crippen molar-refractivity contribution in [3.63, 3.8) is 0 Å². The van der Waals surface area contributed by atoms with Gasteiger partial charge < -0.3 is 26.2 Å². The molecule has 2 aliphatic heterocycles. The van der Waals surface area contributed by atoms with E-state index >= 15 is 0 Å². The maximum Gasteiger partial charge on any atom is 1.00 e. The number of carboxylic acid groups (broad SMARTS) is 1. The number of oxime groups is 1. The SMILES string of the molecule is C=CC1=C(C(=O)[O-])N2C(=O)[C@@H](NC(=O)/C(=N\O)c3csc(N)n3)[C@H]2SC1.[Na+]. The van der Waals surface area contributed by atoms with Crippen molar-refractivity contribution in [2.24, 2.45) is 5.16 Å². The van der Waals surface area contributed by atoms with E-state index in [1.807, 2.05) is 0 Å². The molecule has 1 fully saturated rings. The zero-order valence-electron chi connectivity index (χ0n) is 14.0. The number of carbonyl (C=O) groups excluding carboxylic acids is 3. The molecule has 0 bridgehead atoms. The normalized spacial score (nSPS) is 21.7. The Morgan fingerprint density at radius 2 is 2.26 bits per heavy atom. The molecular weight excluding hydrogens is 405 g/mol. The second-order valence-corrected chi connectivity index (χ2v) is 7.24. The summed E-state index contributed by atoms with van der Waals surface area (Å²) in [6, 6.07) is -0.971. The zero-order valence-corrected chi connectivity index (χ0v) is 17.7. The minimum absolute atomic E-state index is 0. The standard InChI is InChI=1S/C14H13N5O5S2.Na/c1-2-5-3-25-12-8(11(21)19(12)9(5)13(22)23)17-10(20)7(18-24)6-4-26-14(15)16-6;/h2,4,8,12,24H,1,3H2,(H2,15,16)(H,17,20)(H,22,23);/q;+1/p-1/b18-7-;/t8-,12-;/m1./s1. The van der Waals surface area contributed by atoms with Crippen LogP contribution < -0.4 is 45.7 Å².